The number of fused-ring (bicyclic) bond motifs is 3. The van der Waals surface area contributed by atoms with Crippen molar-refractivity contribution in [3.8, 4) is 16.2 Å². The number of carbonyl (C=O) groups excluding carboxylic acids is 2. The van der Waals surface area contributed by atoms with Gasteiger partial charge in [-0.3, -0.25) is 9.59 Å². The van der Waals surface area contributed by atoms with Gasteiger partial charge in [0.1, 0.15) is 5.75 Å². The van der Waals surface area contributed by atoms with E-state index >= 15 is 0 Å². The highest BCUT2D eigenvalue weighted by Crippen LogP contribution is 2.42. The molecule has 2 heterocycles. The summed E-state index contributed by atoms with van der Waals surface area (Å²) in [4.78, 5) is 30.3. The fourth-order valence-electron chi connectivity index (χ4n) is 3.47. The molecule has 1 aliphatic heterocycles. The van der Waals surface area contributed by atoms with Crippen molar-refractivity contribution in [2.75, 3.05) is 32.6 Å². The number of carbonyl (C=O) groups is 2. The molecule has 2 amide bonds. The van der Waals surface area contributed by atoms with E-state index in [2.05, 4.69) is 0 Å². The van der Waals surface area contributed by atoms with Gasteiger partial charge in [-0.2, -0.15) is 0 Å². The van der Waals surface area contributed by atoms with Crippen LogP contribution in [0, 0.1) is 0 Å². The van der Waals surface area contributed by atoms with Gasteiger partial charge in [-0.05, 0) is 48.0 Å². The maximum atomic E-state index is 13.2. The standard InChI is InChI=1S/C23H20Cl2N2O3S/c1-26(2)22(28)14-4-7-19-16(10-14)21-13(8-9-30-19)11-20(31-21)23(29)27(3)18-6-5-15(24)12-17(18)25/h4-7,10-12H,8-9H2,1-3H3. The second kappa shape index (κ2) is 8.54. The molecule has 0 N–H and O–H groups in total. The molecule has 0 saturated heterocycles. The molecular weight excluding hydrogens is 455 g/mol. The van der Waals surface area contributed by atoms with Crippen molar-refractivity contribution in [3.05, 3.63) is 68.5 Å². The normalized spacial score (nSPS) is 12.3. The van der Waals surface area contributed by atoms with E-state index in [1.165, 1.54) is 21.1 Å². The van der Waals surface area contributed by atoms with Crippen molar-refractivity contribution in [3.63, 3.8) is 0 Å². The first-order chi connectivity index (χ1) is 14.8. The van der Waals surface area contributed by atoms with E-state index < -0.39 is 0 Å². The van der Waals surface area contributed by atoms with E-state index in [1.54, 1.807) is 45.4 Å². The summed E-state index contributed by atoms with van der Waals surface area (Å²) in [5, 5.41) is 0.921. The average molecular weight is 475 g/mol. The van der Waals surface area contributed by atoms with Crippen LogP contribution >= 0.6 is 34.5 Å². The number of amides is 2. The maximum Gasteiger partial charge on any atom is 0.268 e. The first-order valence-electron chi connectivity index (χ1n) is 9.61. The van der Waals surface area contributed by atoms with E-state index in [0.29, 0.717) is 45.0 Å². The molecule has 0 fully saturated rings. The summed E-state index contributed by atoms with van der Waals surface area (Å²) < 4.78 is 5.89. The second-order valence-corrected chi connectivity index (χ2v) is 9.33. The Bertz CT molecular complexity index is 1190. The first-order valence-corrected chi connectivity index (χ1v) is 11.2. The van der Waals surface area contributed by atoms with Crippen LogP contribution in [0.2, 0.25) is 10.0 Å². The van der Waals surface area contributed by atoms with Gasteiger partial charge < -0.3 is 14.5 Å². The number of halogens is 2. The number of benzene rings is 2. The lowest BCUT2D eigenvalue weighted by Crippen LogP contribution is -2.25. The molecule has 1 aromatic heterocycles. The molecule has 31 heavy (non-hydrogen) atoms. The van der Waals surface area contributed by atoms with Gasteiger partial charge >= 0.3 is 0 Å². The predicted octanol–water partition coefficient (Wildman–Crippen LogP) is 5.64. The average Bonchev–Trinajstić information content (AvgIpc) is 3.08. The van der Waals surface area contributed by atoms with E-state index in [0.717, 1.165) is 16.0 Å². The molecule has 0 aliphatic carbocycles. The van der Waals surface area contributed by atoms with E-state index in [4.69, 9.17) is 27.9 Å². The fourth-order valence-corrected chi connectivity index (χ4v) is 5.21. The second-order valence-electron chi connectivity index (χ2n) is 7.43. The summed E-state index contributed by atoms with van der Waals surface area (Å²) in [5.74, 6) is 0.466. The van der Waals surface area contributed by atoms with Gasteiger partial charge in [0.05, 0.1) is 22.2 Å². The van der Waals surface area contributed by atoms with Crippen LogP contribution in [0.1, 0.15) is 25.6 Å². The smallest absolute Gasteiger partial charge is 0.268 e. The molecule has 8 heteroatoms. The minimum atomic E-state index is -0.162. The number of nitrogens with zero attached hydrogens (tertiary/aromatic N) is 2. The molecule has 0 atom stereocenters. The van der Waals surface area contributed by atoms with Crippen LogP contribution in [0.4, 0.5) is 5.69 Å². The molecule has 4 rings (SSSR count). The van der Waals surface area contributed by atoms with Gasteiger partial charge in [0.2, 0.25) is 0 Å². The Hall–Kier alpha value is -2.54. The van der Waals surface area contributed by atoms with E-state index in [-0.39, 0.29) is 11.8 Å². The van der Waals surface area contributed by atoms with Crippen molar-refractivity contribution in [1.82, 2.24) is 4.90 Å². The summed E-state index contributed by atoms with van der Waals surface area (Å²) in [5.41, 5.74) is 3.02. The van der Waals surface area contributed by atoms with Crippen LogP contribution in [0.3, 0.4) is 0 Å². The topological polar surface area (TPSA) is 49.9 Å². The quantitative estimate of drug-likeness (QED) is 0.493. The largest absolute Gasteiger partial charge is 0.493 e. The Morgan fingerprint density at radius 2 is 1.77 bits per heavy atom. The van der Waals surface area contributed by atoms with Crippen molar-refractivity contribution < 1.29 is 14.3 Å². The van der Waals surface area contributed by atoms with Crippen molar-refractivity contribution in [2.24, 2.45) is 0 Å². The predicted molar refractivity (Wildman–Crippen MR) is 126 cm³/mol. The minimum absolute atomic E-state index is 0.0847. The third kappa shape index (κ3) is 4.15. The molecule has 5 nitrogen and oxygen atoms in total. The number of rotatable bonds is 3. The highest BCUT2D eigenvalue weighted by atomic mass is 35.5. The summed E-state index contributed by atoms with van der Waals surface area (Å²) in [6.45, 7) is 0.504. The maximum absolute atomic E-state index is 13.2. The highest BCUT2D eigenvalue weighted by molar-refractivity contribution is 7.17. The monoisotopic (exact) mass is 474 g/mol. The lowest BCUT2D eigenvalue weighted by atomic mass is 10.0. The summed E-state index contributed by atoms with van der Waals surface area (Å²) >= 11 is 13.7. The Labute approximate surface area is 194 Å². The Morgan fingerprint density at radius 1 is 1.00 bits per heavy atom. The van der Waals surface area contributed by atoms with Crippen molar-refractivity contribution in [2.45, 2.75) is 6.42 Å². The van der Waals surface area contributed by atoms with Crippen LogP contribution < -0.4 is 9.64 Å². The number of hydrogen-bond donors (Lipinski definition) is 0. The molecule has 1 aliphatic rings. The van der Waals surface area contributed by atoms with Gasteiger partial charge in [0, 0.05) is 48.6 Å². The Kier molecular flexibility index (Phi) is 5.97. The number of anilines is 1. The summed E-state index contributed by atoms with van der Waals surface area (Å²) in [6.07, 6.45) is 0.677. The van der Waals surface area contributed by atoms with Crippen molar-refractivity contribution >= 4 is 52.0 Å². The van der Waals surface area contributed by atoms with E-state index in [9.17, 15) is 9.59 Å². The highest BCUT2D eigenvalue weighted by Gasteiger charge is 2.25. The molecule has 0 unspecified atom stereocenters. The summed E-state index contributed by atoms with van der Waals surface area (Å²) in [6, 6.07) is 12.4. The first kappa shape index (κ1) is 21.7. The van der Waals surface area contributed by atoms with Gasteiger partial charge in [0.15, 0.2) is 0 Å². The van der Waals surface area contributed by atoms with Gasteiger partial charge in [-0.25, -0.2) is 0 Å². The molecule has 0 radical (unpaired) electrons. The molecule has 2 aromatic carbocycles. The summed E-state index contributed by atoms with van der Waals surface area (Å²) in [7, 11) is 5.12. The lowest BCUT2D eigenvalue weighted by Gasteiger charge is -2.18. The third-order valence-corrected chi connectivity index (χ3v) is 6.84. The molecule has 160 valence electrons. The number of ether oxygens (including phenoxy) is 1. The van der Waals surface area contributed by atoms with Crippen LogP contribution in [-0.4, -0.2) is 44.5 Å². The van der Waals surface area contributed by atoms with Crippen LogP contribution in [0.5, 0.6) is 5.75 Å². The molecule has 0 saturated carbocycles. The lowest BCUT2D eigenvalue weighted by molar-refractivity contribution is 0.0827. The third-order valence-electron chi connectivity index (χ3n) is 5.10. The molecule has 0 spiro atoms. The number of hydrogen-bond acceptors (Lipinski definition) is 4. The van der Waals surface area contributed by atoms with E-state index in [1.807, 2.05) is 18.2 Å². The Morgan fingerprint density at radius 3 is 2.48 bits per heavy atom. The van der Waals surface area contributed by atoms with Gasteiger partial charge in [0.25, 0.3) is 11.8 Å². The number of thiophene rings is 1. The Balaban J connectivity index is 1.73. The molecular formula is C23H20Cl2N2O3S. The van der Waals surface area contributed by atoms with Crippen molar-refractivity contribution in [1.29, 1.82) is 0 Å². The SMILES string of the molecule is CN(C)C(=O)c1ccc2c(c1)-c1sc(C(=O)N(C)c3ccc(Cl)cc3Cl)cc1CCO2. The van der Waals surface area contributed by atoms with Gasteiger partial charge in [-0.1, -0.05) is 23.2 Å². The fraction of sp³-hybridized carbons (Fsp3) is 0.217. The van der Waals surface area contributed by atoms with Crippen LogP contribution in [0.25, 0.3) is 10.4 Å². The minimum Gasteiger partial charge on any atom is -0.493 e. The molecule has 0 bridgehead atoms. The van der Waals surface area contributed by atoms with Crippen LogP contribution in [0.15, 0.2) is 42.5 Å². The van der Waals surface area contributed by atoms with Gasteiger partial charge in [-0.15, -0.1) is 11.3 Å². The zero-order chi connectivity index (χ0) is 22.3. The van der Waals surface area contributed by atoms with Crippen LogP contribution in [-0.2, 0) is 6.42 Å². The zero-order valence-electron chi connectivity index (χ0n) is 17.2. The molecule has 3 aromatic rings. The zero-order valence-corrected chi connectivity index (χ0v) is 19.6.